The summed E-state index contributed by atoms with van der Waals surface area (Å²) in [6.07, 6.45) is 5.71. The van der Waals surface area contributed by atoms with Gasteiger partial charge in [-0.2, -0.15) is 0 Å². The van der Waals surface area contributed by atoms with Gasteiger partial charge in [0.1, 0.15) is 0 Å². The van der Waals surface area contributed by atoms with Crippen molar-refractivity contribution in [2.75, 3.05) is 0 Å². The summed E-state index contributed by atoms with van der Waals surface area (Å²) in [4.78, 5) is 19.3. The van der Waals surface area contributed by atoms with Crippen LogP contribution in [-0.4, -0.2) is 23.4 Å². The van der Waals surface area contributed by atoms with Gasteiger partial charge in [-0.3, -0.25) is 9.98 Å². The minimum Gasteiger partial charge on any atom is -0.261 e. The Hall–Kier alpha value is -6.52. The molecule has 0 aliphatic heterocycles. The third kappa shape index (κ3) is 6.53. The summed E-state index contributed by atoms with van der Waals surface area (Å²) in [5, 5.41) is 3.29. The zero-order valence-electron chi connectivity index (χ0n) is 27.1. The van der Waals surface area contributed by atoms with Gasteiger partial charge in [-0.1, -0.05) is 128 Å². The van der Waals surface area contributed by atoms with Gasteiger partial charge in [0.15, 0.2) is 11.7 Å². The number of rotatable bonds is 8. The highest BCUT2D eigenvalue weighted by Crippen LogP contribution is 2.37. The van der Waals surface area contributed by atoms with E-state index in [2.05, 4.69) is 97.7 Å². The Morgan fingerprint density at radius 2 is 1.31 bits per heavy atom. The number of pyridine rings is 1. The molecule has 0 aliphatic carbocycles. The Morgan fingerprint density at radius 1 is 0.612 bits per heavy atom. The van der Waals surface area contributed by atoms with Crippen LogP contribution in [0.1, 0.15) is 27.8 Å². The molecule has 6 aromatic carbocycles. The first-order chi connectivity index (χ1) is 24.1. The van der Waals surface area contributed by atoms with Gasteiger partial charge in [0.25, 0.3) is 0 Å². The largest absolute Gasteiger partial charge is 0.261 e. The first kappa shape index (κ1) is 31.1. The second kappa shape index (κ2) is 14.1. The van der Waals surface area contributed by atoms with E-state index in [9.17, 15) is 0 Å². The van der Waals surface area contributed by atoms with Crippen molar-refractivity contribution >= 4 is 52.2 Å². The van der Waals surface area contributed by atoms with E-state index in [0.717, 1.165) is 71.7 Å². The van der Waals surface area contributed by atoms with E-state index in [4.69, 9.17) is 15.0 Å². The molecule has 0 bridgehead atoms. The zero-order chi connectivity index (χ0) is 33.6. The van der Waals surface area contributed by atoms with Gasteiger partial charge < -0.3 is 0 Å². The van der Waals surface area contributed by atoms with E-state index < -0.39 is 0 Å². The van der Waals surface area contributed by atoms with Crippen LogP contribution >= 0.6 is 0 Å². The van der Waals surface area contributed by atoms with Crippen LogP contribution in [0.15, 0.2) is 174 Å². The van der Waals surface area contributed by atoms with Gasteiger partial charge >= 0.3 is 0 Å². The molecule has 0 radical (unpaired) electrons. The Labute approximate surface area is 286 Å². The summed E-state index contributed by atoms with van der Waals surface area (Å²) in [5.74, 6) is 1.06. The summed E-state index contributed by atoms with van der Waals surface area (Å²) in [7, 11) is 0. The maximum atomic E-state index is 5.09. The van der Waals surface area contributed by atoms with E-state index in [1.165, 1.54) is 0 Å². The molecule has 0 fully saturated rings. The summed E-state index contributed by atoms with van der Waals surface area (Å²) < 4.78 is 0. The predicted molar refractivity (Wildman–Crippen MR) is 210 cm³/mol. The molecule has 7 aromatic rings. The molecule has 0 saturated heterocycles. The van der Waals surface area contributed by atoms with Gasteiger partial charge in [-0.15, -0.1) is 0 Å². The lowest BCUT2D eigenvalue weighted by Crippen LogP contribution is -2.06. The number of hydrogen-bond donors (Lipinski definition) is 0. The molecule has 0 aliphatic rings. The molecule has 234 valence electrons. The number of aliphatic imine (C=N–C) groups is 3. The van der Waals surface area contributed by atoms with Crippen LogP contribution in [0.2, 0.25) is 0 Å². The van der Waals surface area contributed by atoms with Crippen molar-refractivity contribution in [3.63, 3.8) is 0 Å². The molecule has 7 rings (SSSR count). The highest BCUT2D eigenvalue weighted by Gasteiger charge is 2.16. The van der Waals surface area contributed by atoms with Crippen molar-refractivity contribution < 1.29 is 0 Å². The highest BCUT2D eigenvalue weighted by atomic mass is 15.0. The molecule has 0 saturated carbocycles. The molecular formula is C45H34N4. The average Bonchev–Trinajstić information content (AvgIpc) is 3.17. The Bertz CT molecular complexity index is 2400. The van der Waals surface area contributed by atoms with Crippen molar-refractivity contribution in [2.24, 2.45) is 15.0 Å². The molecule has 0 spiro atoms. The third-order valence-electron chi connectivity index (χ3n) is 8.62. The average molecular weight is 631 g/mol. The SMILES string of the molecule is C=Cc1cc(-c2cc(C(N=C)=NC(=NCc3ccccc3)c3ccccc3)cc(-c3cnc4ccccc4c3)c2)c2ccccc2c1C=C. The highest BCUT2D eigenvalue weighted by molar-refractivity contribution is 6.14. The van der Waals surface area contributed by atoms with Crippen molar-refractivity contribution in [3.8, 4) is 22.3 Å². The second-order valence-electron chi connectivity index (χ2n) is 11.7. The van der Waals surface area contributed by atoms with Crippen LogP contribution in [0, 0.1) is 0 Å². The quantitative estimate of drug-likeness (QED) is 0.122. The molecule has 4 nitrogen and oxygen atoms in total. The summed E-state index contributed by atoms with van der Waals surface area (Å²) >= 11 is 0. The number of aromatic nitrogens is 1. The first-order valence-corrected chi connectivity index (χ1v) is 16.2. The van der Waals surface area contributed by atoms with Gasteiger partial charge in [-0.05, 0) is 87.3 Å². The van der Waals surface area contributed by atoms with Gasteiger partial charge in [0.2, 0.25) is 0 Å². The zero-order valence-corrected chi connectivity index (χ0v) is 27.1. The van der Waals surface area contributed by atoms with Crippen LogP contribution < -0.4 is 0 Å². The maximum Gasteiger partial charge on any atom is 0.161 e. The fourth-order valence-corrected chi connectivity index (χ4v) is 6.18. The first-order valence-electron chi connectivity index (χ1n) is 16.2. The molecule has 0 atom stereocenters. The fraction of sp³-hybridized carbons (Fsp3) is 0.0222. The Morgan fingerprint density at radius 3 is 2.06 bits per heavy atom. The van der Waals surface area contributed by atoms with Gasteiger partial charge in [0, 0.05) is 28.3 Å². The van der Waals surface area contributed by atoms with Crippen molar-refractivity contribution in [2.45, 2.75) is 6.54 Å². The molecular weight excluding hydrogens is 597 g/mol. The minimum atomic E-state index is 0.475. The number of para-hydroxylation sites is 1. The molecule has 1 aromatic heterocycles. The lowest BCUT2D eigenvalue weighted by Gasteiger charge is -2.16. The normalized spacial score (nSPS) is 11.8. The lowest BCUT2D eigenvalue weighted by atomic mass is 9.89. The van der Waals surface area contributed by atoms with Crippen LogP contribution in [0.4, 0.5) is 0 Å². The number of fused-ring (bicyclic) bond motifs is 2. The monoisotopic (exact) mass is 630 g/mol. The van der Waals surface area contributed by atoms with Gasteiger partial charge in [-0.25, -0.2) is 9.98 Å². The number of nitrogens with zero attached hydrogens (tertiary/aromatic N) is 4. The topological polar surface area (TPSA) is 50.0 Å². The molecule has 0 N–H and O–H groups in total. The number of hydrogen-bond acceptors (Lipinski definition) is 2. The van der Waals surface area contributed by atoms with E-state index >= 15 is 0 Å². The summed E-state index contributed by atoms with van der Waals surface area (Å²) in [6, 6.07) is 47.5. The standard InChI is InChI=1S/C45H34N4/c1-4-32-28-42(41-22-14-13-21-40(41)39(32)5-2)36-25-35(38-24-34-20-12-15-23-43(34)47-30-38)26-37(27-36)44(46-3)49-45(33-18-10-7-11-19-33)48-29-31-16-8-6-9-17-31/h4-28,30H,1-3,29H2. The predicted octanol–water partition coefficient (Wildman–Crippen LogP) is 11.1. The minimum absolute atomic E-state index is 0.475. The van der Waals surface area contributed by atoms with Gasteiger partial charge in [0.05, 0.1) is 12.1 Å². The molecule has 4 heteroatoms. The Kier molecular flexibility index (Phi) is 8.94. The van der Waals surface area contributed by atoms with Crippen LogP contribution in [-0.2, 0) is 6.54 Å². The van der Waals surface area contributed by atoms with Crippen LogP contribution in [0.5, 0.6) is 0 Å². The van der Waals surface area contributed by atoms with Crippen LogP contribution in [0.3, 0.4) is 0 Å². The van der Waals surface area contributed by atoms with E-state index in [-0.39, 0.29) is 0 Å². The van der Waals surface area contributed by atoms with Crippen molar-refractivity contribution in [1.29, 1.82) is 0 Å². The van der Waals surface area contributed by atoms with Crippen LogP contribution in [0.25, 0.3) is 56.1 Å². The van der Waals surface area contributed by atoms with Crippen molar-refractivity contribution in [1.82, 2.24) is 4.98 Å². The van der Waals surface area contributed by atoms with E-state index in [1.54, 1.807) is 0 Å². The third-order valence-corrected chi connectivity index (χ3v) is 8.62. The summed E-state index contributed by atoms with van der Waals surface area (Å²) in [5.41, 5.74) is 9.88. The van der Waals surface area contributed by atoms with E-state index in [0.29, 0.717) is 18.2 Å². The maximum absolute atomic E-state index is 5.09. The molecule has 0 unspecified atom stereocenters. The Balaban J connectivity index is 1.46. The second-order valence-corrected chi connectivity index (χ2v) is 11.7. The summed E-state index contributed by atoms with van der Waals surface area (Å²) in [6.45, 7) is 12.7. The molecule has 1 heterocycles. The van der Waals surface area contributed by atoms with Crippen molar-refractivity contribution in [3.05, 3.63) is 187 Å². The lowest BCUT2D eigenvalue weighted by molar-refractivity contribution is 1.06. The number of benzene rings is 6. The molecule has 49 heavy (non-hydrogen) atoms. The smallest absolute Gasteiger partial charge is 0.161 e. The molecule has 0 amide bonds. The fourth-order valence-electron chi connectivity index (χ4n) is 6.18. The van der Waals surface area contributed by atoms with E-state index in [1.807, 2.05) is 85.1 Å². The number of amidine groups is 2.